The summed E-state index contributed by atoms with van der Waals surface area (Å²) in [6.07, 6.45) is 6.18. The van der Waals surface area contributed by atoms with Gasteiger partial charge in [0.2, 0.25) is 0 Å². The van der Waals surface area contributed by atoms with E-state index in [2.05, 4.69) is 15.5 Å². The number of hydrogen-bond acceptors (Lipinski definition) is 6. The van der Waals surface area contributed by atoms with E-state index in [-0.39, 0.29) is 17.0 Å². The van der Waals surface area contributed by atoms with Gasteiger partial charge in [0.15, 0.2) is 11.5 Å². The van der Waals surface area contributed by atoms with E-state index in [1.165, 1.54) is 6.42 Å². The van der Waals surface area contributed by atoms with Gasteiger partial charge in [-0.1, -0.05) is 6.42 Å². The van der Waals surface area contributed by atoms with Crippen molar-refractivity contribution in [2.24, 2.45) is 10.1 Å². The van der Waals surface area contributed by atoms with Crippen molar-refractivity contribution in [2.45, 2.75) is 25.7 Å². The molecule has 1 N–H and O–H groups in total. The molecule has 0 unspecified atom stereocenters. The molecule has 23 heavy (non-hydrogen) atoms. The Morgan fingerprint density at radius 3 is 2.39 bits per heavy atom. The molecular formula is C16H24BrN3O3. The Bertz CT molecular complexity index is 562. The Kier molecular flexibility index (Phi) is 8.47. The fourth-order valence-corrected chi connectivity index (χ4v) is 2.30. The van der Waals surface area contributed by atoms with Gasteiger partial charge >= 0.3 is 0 Å². The SMILES string of the molecule is Br.COc1cc(OC)c(OC)cc1C=NNC1=NCCCCC1. The zero-order chi connectivity index (χ0) is 15.8. The fourth-order valence-electron chi connectivity index (χ4n) is 2.30. The molecule has 0 saturated carbocycles. The molecule has 7 heteroatoms. The summed E-state index contributed by atoms with van der Waals surface area (Å²) in [7, 11) is 4.81. The highest BCUT2D eigenvalue weighted by Gasteiger charge is 2.10. The number of amidine groups is 1. The summed E-state index contributed by atoms with van der Waals surface area (Å²) in [6, 6.07) is 3.61. The van der Waals surface area contributed by atoms with Crippen LogP contribution in [0.25, 0.3) is 0 Å². The average molecular weight is 386 g/mol. The van der Waals surface area contributed by atoms with Crippen molar-refractivity contribution in [3.05, 3.63) is 17.7 Å². The van der Waals surface area contributed by atoms with E-state index in [0.29, 0.717) is 17.2 Å². The maximum absolute atomic E-state index is 5.37. The minimum absolute atomic E-state index is 0. The summed E-state index contributed by atoms with van der Waals surface area (Å²) in [5, 5.41) is 4.26. The number of hydrazone groups is 1. The third kappa shape index (κ3) is 5.42. The summed E-state index contributed by atoms with van der Waals surface area (Å²) >= 11 is 0. The van der Waals surface area contributed by atoms with E-state index in [4.69, 9.17) is 14.2 Å². The van der Waals surface area contributed by atoms with Crippen molar-refractivity contribution in [2.75, 3.05) is 27.9 Å². The predicted molar refractivity (Wildman–Crippen MR) is 97.9 cm³/mol. The van der Waals surface area contributed by atoms with Gasteiger partial charge in [0.1, 0.15) is 11.6 Å². The van der Waals surface area contributed by atoms with Gasteiger partial charge in [0.25, 0.3) is 0 Å². The monoisotopic (exact) mass is 385 g/mol. The summed E-state index contributed by atoms with van der Waals surface area (Å²) in [5.74, 6) is 2.87. The molecule has 0 amide bonds. The van der Waals surface area contributed by atoms with Gasteiger partial charge in [0, 0.05) is 24.6 Å². The second kappa shape index (κ2) is 10.1. The highest BCUT2D eigenvalue weighted by Crippen LogP contribution is 2.33. The van der Waals surface area contributed by atoms with Crippen molar-refractivity contribution >= 4 is 29.0 Å². The third-order valence-corrected chi connectivity index (χ3v) is 3.51. The van der Waals surface area contributed by atoms with Gasteiger partial charge in [-0.05, 0) is 18.9 Å². The molecule has 0 aromatic heterocycles. The number of aliphatic imine (C=N–C) groups is 1. The fraction of sp³-hybridized carbons (Fsp3) is 0.500. The number of hydrogen-bond donors (Lipinski definition) is 1. The van der Waals surface area contributed by atoms with Crippen LogP contribution in [0.4, 0.5) is 0 Å². The molecule has 1 aliphatic heterocycles. The summed E-state index contributed by atoms with van der Waals surface area (Å²) in [6.45, 7) is 0.873. The number of halogens is 1. The van der Waals surface area contributed by atoms with Crippen molar-refractivity contribution in [1.29, 1.82) is 0 Å². The molecule has 128 valence electrons. The zero-order valence-corrected chi connectivity index (χ0v) is 15.5. The average Bonchev–Trinajstić information content (AvgIpc) is 2.83. The van der Waals surface area contributed by atoms with Crippen molar-refractivity contribution < 1.29 is 14.2 Å². The van der Waals surface area contributed by atoms with Crippen LogP contribution in [0.1, 0.15) is 31.2 Å². The van der Waals surface area contributed by atoms with Crippen LogP contribution in [-0.2, 0) is 0 Å². The van der Waals surface area contributed by atoms with E-state index in [1.54, 1.807) is 33.6 Å². The lowest BCUT2D eigenvalue weighted by Crippen LogP contribution is -2.17. The molecule has 1 heterocycles. The first-order valence-corrected chi connectivity index (χ1v) is 7.41. The van der Waals surface area contributed by atoms with Crippen LogP contribution in [-0.4, -0.2) is 39.9 Å². The number of methoxy groups -OCH3 is 3. The standard InChI is InChI=1S/C16H23N3O3.BrH/c1-20-13-10-15(22-3)14(21-2)9-12(13)11-18-19-16-7-5-4-6-8-17-16;/h9-11H,4-8H2,1-3H3,(H,17,19);1H. The maximum Gasteiger partial charge on any atom is 0.164 e. The molecule has 0 bridgehead atoms. The number of nitrogens with zero attached hydrogens (tertiary/aromatic N) is 2. The molecule has 0 saturated heterocycles. The summed E-state index contributed by atoms with van der Waals surface area (Å²) < 4.78 is 15.9. The van der Waals surface area contributed by atoms with Crippen molar-refractivity contribution in [3.63, 3.8) is 0 Å². The van der Waals surface area contributed by atoms with Crippen LogP contribution in [0.3, 0.4) is 0 Å². The lowest BCUT2D eigenvalue weighted by Gasteiger charge is -2.11. The van der Waals surface area contributed by atoms with Gasteiger partial charge in [0.05, 0.1) is 27.5 Å². The molecule has 0 aliphatic carbocycles. The van der Waals surface area contributed by atoms with Gasteiger partial charge in [-0.3, -0.25) is 10.4 Å². The number of nitrogens with one attached hydrogen (secondary N) is 1. The molecule has 0 fully saturated rings. The zero-order valence-electron chi connectivity index (χ0n) is 13.8. The van der Waals surface area contributed by atoms with Gasteiger partial charge in [-0.2, -0.15) is 5.10 Å². The highest BCUT2D eigenvalue weighted by molar-refractivity contribution is 8.93. The normalized spacial score (nSPS) is 14.5. The van der Waals surface area contributed by atoms with Gasteiger partial charge < -0.3 is 14.2 Å². The van der Waals surface area contributed by atoms with E-state index in [0.717, 1.165) is 37.2 Å². The summed E-state index contributed by atoms with van der Waals surface area (Å²) in [4.78, 5) is 4.47. The highest BCUT2D eigenvalue weighted by atomic mass is 79.9. The predicted octanol–water partition coefficient (Wildman–Crippen LogP) is 3.19. The number of rotatable bonds is 5. The largest absolute Gasteiger partial charge is 0.496 e. The van der Waals surface area contributed by atoms with Gasteiger partial charge in [-0.25, -0.2) is 0 Å². The molecule has 6 nitrogen and oxygen atoms in total. The van der Waals surface area contributed by atoms with Crippen molar-refractivity contribution in [3.8, 4) is 17.2 Å². The molecule has 1 aliphatic rings. The minimum Gasteiger partial charge on any atom is -0.496 e. The lowest BCUT2D eigenvalue weighted by molar-refractivity contribution is 0.349. The Labute approximate surface area is 147 Å². The first kappa shape index (κ1) is 19.3. The topological polar surface area (TPSA) is 64.4 Å². The number of ether oxygens (including phenoxy) is 3. The first-order valence-electron chi connectivity index (χ1n) is 7.41. The Morgan fingerprint density at radius 2 is 1.70 bits per heavy atom. The lowest BCUT2D eigenvalue weighted by atomic mass is 10.2. The number of benzene rings is 1. The van der Waals surface area contributed by atoms with E-state index < -0.39 is 0 Å². The van der Waals surface area contributed by atoms with Crippen LogP contribution >= 0.6 is 17.0 Å². The second-order valence-electron chi connectivity index (χ2n) is 4.96. The maximum atomic E-state index is 5.37. The third-order valence-electron chi connectivity index (χ3n) is 3.51. The van der Waals surface area contributed by atoms with E-state index >= 15 is 0 Å². The van der Waals surface area contributed by atoms with Crippen LogP contribution in [0.2, 0.25) is 0 Å². The van der Waals surface area contributed by atoms with E-state index in [1.807, 2.05) is 6.07 Å². The molecule has 0 atom stereocenters. The molecule has 0 spiro atoms. The molecule has 1 aromatic rings. The molecule has 0 radical (unpaired) electrons. The first-order chi connectivity index (χ1) is 10.8. The molecule has 2 rings (SSSR count). The second-order valence-corrected chi connectivity index (χ2v) is 4.96. The summed E-state index contributed by atoms with van der Waals surface area (Å²) in [5.41, 5.74) is 3.83. The van der Waals surface area contributed by atoms with Crippen LogP contribution in [0, 0.1) is 0 Å². The Morgan fingerprint density at radius 1 is 1.00 bits per heavy atom. The Hall–Kier alpha value is -1.76. The van der Waals surface area contributed by atoms with E-state index in [9.17, 15) is 0 Å². The van der Waals surface area contributed by atoms with Crippen LogP contribution in [0.15, 0.2) is 22.2 Å². The minimum atomic E-state index is 0. The van der Waals surface area contributed by atoms with Crippen molar-refractivity contribution in [1.82, 2.24) is 5.43 Å². The van der Waals surface area contributed by atoms with Gasteiger partial charge in [-0.15, -0.1) is 17.0 Å². The van der Waals surface area contributed by atoms with Crippen LogP contribution in [0.5, 0.6) is 17.2 Å². The Balaban J connectivity index is 0.00000264. The molecular weight excluding hydrogens is 362 g/mol. The smallest absolute Gasteiger partial charge is 0.164 e. The quantitative estimate of drug-likeness (QED) is 0.624. The molecule has 1 aromatic carbocycles. The van der Waals surface area contributed by atoms with Crippen LogP contribution < -0.4 is 19.6 Å².